The molecule has 0 saturated heterocycles. The summed E-state index contributed by atoms with van der Waals surface area (Å²) in [5, 5.41) is 5.52. The molecule has 26 heavy (non-hydrogen) atoms. The summed E-state index contributed by atoms with van der Waals surface area (Å²) in [6.45, 7) is 0.865. The van der Waals surface area contributed by atoms with Crippen LogP contribution in [0.15, 0.2) is 39.9 Å². The molecule has 9 nitrogen and oxygen atoms in total. The maximum Gasteiger partial charge on any atom is 0.330 e. The molecule has 0 spiro atoms. The van der Waals surface area contributed by atoms with Gasteiger partial charge in [0.1, 0.15) is 11.5 Å². The molecular formula is C17H23N5O4. The van der Waals surface area contributed by atoms with E-state index in [2.05, 4.69) is 15.6 Å². The second-order valence-corrected chi connectivity index (χ2v) is 5.58. The van der Waals surface area contributed by atoms with Crippen molar-refractivity contribution in [1.29, 1.82) is 0 Å². The summed E-state index contributed by atoms with van der Waals surface area (Å²) < 4.78 is 6.27. The van der Waals surface area contributed by atoms with Crippen LogP contribution in [0.4, 0.5) is 11.5 Å². The van der Waals surface area contributed by atoms with E-state index in [-0.39, 0.29) is 24.6 Å². The zero-order chi connectivity index (χ0) is 18.9. The number of nitrogens with zero attached hydrogens (tertiary/aromatic N) is 1. The van der Waals surface area contributed by atoms with Crippen molar-refractivity contribution in [3.63, 3.8) is 0 Å². The van der Waals surface area contributed by atoms with E-state index in [1.165, 1.54) is 4.57 Å². The van der Waals surface area contributed by atoms with Crippen LogP contribution >= 0.6 is 0 Å². The second-order valence-electron chi connectivity index (χ2n) is 5.58. The number of methoxy groups -OCH3 is 1. The quantitative estimate of drug-likeness (QED) is 0.463. The molecule has 1 amide bonds. The standard InChI is InChI=1S/C17H23N5O4/c1-26-9-5-8-19-14-15(20-13(23)10-18)22(17(25)21-16(14)24)11-12-6-3-2-4-7-12/h2-4,6-7,19H,5,8-11,18H2,1H3,(H,20,23)(H,21,24,25). The third-order valence-corrected chi connectivity index (χ3v) is 3.65. The van der Waals surface area contributed by atoms with Gasteiger partial charge in [-0.1, -0.05) is 30.3 Å². The fourth-order valence-electron chi connectivity index (χ4n) is 2.39. The zero-order valence-electron chi connectivity index (χ0n) is 14.6. The van der Waals surface area contributed by atoms with Crippen molar-refractivity contribution in [3.8, 4) is 0 Å². The molecule has 1 aromatic carbocycles. The van der Waals surface area contributed by atoms with Gasteiger partial charge in [0.2, 0.25) is 5.91 Å². The Morgan fingerprint density at radius 1 is 1.27 bits per heavy atom. The van der Waals surface area contributed by atoms with E-state index >= 15 is 0 Å². The van der Waals surface area contributed by atoms with Crippen LogP contribution in [0.1, 0.15) is 12.0 Å². The second kappa shape index (κ2) is 9.54. The minimum atomic E-state index is -0.617. The fraction of sp³-hybridized carbons (Fsp3) is 0.353. The first-order valence-electron chi connectivity index (χ1n) is 8.20. The topological polar surface area (TPSA) is 131 Å². The van der Waals surface area contributed by atoms with Crippen molar-refractivity contribution >= 4 is 17.4 Å². The maximum atomic E-state index is 12.3. The van der Waals surface area contributed by atoms with Gasteiger partial charge in [-0.15, -0.1) is 0 Å². The van der Waals surface area contributed by atoms with Gasteiger partial charge in [0.25, 0.3) is 5.56 Å². The number of aromatic amines is 1. The molecule has 140 valence electrons. The highest BCUT2D eigenvalue weighted by Crippen LogP contribution is 2.16. The first-order valence-corrected chi connectivity index (χ1v) is 8.20. The number of benzene rings is 1. The summed E-state index contributed by atoms with van der Waals surface area (Å²) >= 11 is 0. The Kier molecular flexibility index (Phi) is 7.12. The number of hydrogen-bond donors (Lipinski definition) is 4. The molecule has 0 radical (unpaired) electrons. The fourth-order valence-corrected chi connectivity index (χ4v) is 2.39. The third kappa shape index (κ3) is 5.04. The largest absolute Gasteiger partial charge is 0.385 e. The van der Waals surface area contributed by atoms with Crippen LogP contribution in [0.5, 0.6) is 0 Å². The molecule has 5 N–H and O–H groups in total. The summed E-state index contributed by atoms with van der Waals surface area (Å²) in [6, 6.07) is 9.23. The van der Waals surface area contributed by atoms with E-state index in [0.717, 1.165) is 5.56 Å². The molecule has 0 aliphatic carbocycles. The molecule has 0 bridgehead atoms. The van der Waals surface area contributed by atoms with Gasteiger partial charge in [0, 0.05) is 20.3 Å². The number of H-pyrrole nitrogens is 1. The summed E-state index contributed by atoms with van der Waals surface area (Å²) in [5.41, 5.74) is 5.09. The first-order chi connectivity index (χ1) is 12.6. The Balaban J connectivity index is 2.44. The number of hydrogen-bond acceptors (Lipinski definition) is 6. The van der Waals surface area contributed by atoms with Crippen LogP contribution < -0.4 is 27.6 Å². The smallest absolute Gasteiger partial charge is 0.330 e. The van der Waals surface area contributed by atoms with Gasteiger partial charge in [-0.25, -0.2) is 4.79 Å². The molecule has 0 unspecified atom stereocenters. The lowest BCUT2D eigenvalue weighted by atomic mass is 10.2. The SMILES string of the molecule is COCCCNc1c(NC(=O)CN)n(Cc2ccccc2)c(=O)[nH]c1=O. The summed E-state index contributed by atoms with van der Waals surface area (Å²) in [6.07, 6.45) is 0.651. The summed E-state index contributed by atoms with van der Waals surface area (Å²) in [4.78, 5) is 38.7. The van der Waals surface area contributed by atoms with E-state index < -0.39 is 17.2 Å². The number of amides is 1. The van der Waals surface area contributed by atoms with Gasteiger partial charge in [0.15, 0.2) is 0 Å². The minimum absolute atomic E-state index is 0.0930. The molecule has 0 atom stereocenters. The van der Waals surface area contributed by atoms with Gasteiger partial charge < -0.3 is 21.1 Å². The number of carbonyl (C=O) groups excluding carboxylic acids is 1. The minimum Gasteiger partial charge on any atom is -0.385 e. The van der Waals surface area contributed by atoms with Crippen molar-refractivity contribution in [2.24, 2.45) is 5.73 Å². The van der Waals surface area contributed by atoms with Crippen LogP contribution in [0.2, 0.25) is 0 Å². The first kappa shape index (κ1) is 19.4. The lowest BCUT2D eigenvalue weighted by Gasteiger charge is -2.17. The van der Waals surface area contributed by atoms with Crippen LogP contribution in [0.3, 0.4) is 0 Å². The van der Waals surface area contributed by atoms with Crippen molar-refractivity contribution in [2.75, 3.05) is 37.4 Å². The van der Waals surface area contributed by atoms with E-state index in [4.69, 9.17) is 10.5 Å². The van der Waals surface area contributed by atoms with Gasteiger partial charge >= 0.3 is 5.69 Å². The Morgan fingerprint density at radius 3 is 2.65 bits per heavy atom. The Morgan fingerprint density at radius 2 is 2.00 bits per heavy atom. The third-order valence-electron chi connectivity index (χ3n) is 3.65. The number of rotatable bonds is 9. The molecule has 9 heteroatoms. The van der Waals surface area contributed by atoms with Crippen LogP contribution in [-0.4, -0.2) is 42.3 Å². The van der Waals surface area contributed by atoms with E-state index in [1.54, 1.807) is 7.11 Å². The number of aromatic nitrogens is 2. The molecule has 0 fully saturated rings. The Bertz CT molecular complexity index is 844. The number of nitrogens with two attached hydrogens (primary N) is 1. The monoisotopic (exact) mass is 361 g/mol. The predicted molar refractivity (Wildman–Crippen MR) is 99.5 cm³/mol. The summed E-state index contributed by atoms with van der Waals surface area (Å²) in [5.74, 6) is -0.410. The molecule has 1 aromatic heterocycles. The maximum absolute atomic E-state index is 12.3. The van der Waals surface area contributed by atoms with Gasteiger partial charge in [0.05, 0.1) is 13.1 Å². The van der Waals surface area contributed by atoms with Crippen LogP contribution in [0, 0.1) is 0 Å². The highest BCUT2D eigenvalue weighted by molar-refractivity contribution is 5.94. The van der Waals surface area contributed by atoms with Crippen LogP contribution in [0.25, 0.3) is 0 Å². The van der Waals surface area contributed by atoms with Crippen molar-refractivity contribution < 1.29 is 9.53 Å². The average molecular weight is 361 g/mol. The number of nitrogens with one attached hydrogen (secondary N) is 3. The van der Waals surface area contributed by atoms with E-state index in [1.807, 2.05) is 30.3 Å². The van der Waals surface area contributed by atoms with Crippen molar-refractivity contribution in [3.05, 3.63) is 56.7 Å². The van der Waals surface area contributed by atoms with Gasteiger partial charge in [-0.05, 0) is 12.0 Å². The summed E-state index contributed by atoms with van der Waals surface area (Å²) in [7, 11) is 1.58. The van der Waals surface area contributed by atoms with Gasteiger partial charge in [-0.2, -0.15) is 0 Å². The predicted octanol–water partition coefficient (Wildman–Crippen LogP) is -0.0695. The van der Waals surface area contributed by atoms with Crippen LogP contribution in [-0.2, 0) is 16.1 Å². The lowest BCUT2D eigenvalue weighted by molar-refractivity contribution is -0.114. The molecule has 1 heterocycles. The number of anilines is 2. The van der Waals surface area contributed by atoms with E-state index in [9.17, 15) is 14.4 Å². The van der Waals surface area contributed by atoms with Crippen molar-refractivity contribution in [1.82, 2.24) is 9.55 Å². The highest BCUT2D eigenvalue weighted by atomic mass is 16.5. The molecule has 0 aliphatic rings. The Labute approximate surface area is 150 Å². The lowest BCUT2D eigenvalue weighted by Crippen LogP contribution is -2.36. The number of ether oxygens (including phenoxy) is 1. The van der Waals surface area contributed by atoms with Crippen molar-refractivity contribution in [2.45, 2.75) is 13.0 Å². The molecule has 0 aliphatic heterocycles. The molecule has 0 saturated carbocycles. The van der Waals surface area contributed by atoms with Gasteiger partial charge in [-0.3, -0.25) is 19.1 Å². The molecule has 2 aromatic rings. The Hall–Kier alpha value is -2.91. The zero-order valence-corrected chi connectivity index (χ0v) is 14.6. The average Bonchev–Trinajstić information content (AvgIpc) is 2.64. The molecule has 2 rings (SSSR count). The number of carbonyl (C=O) groups is 1. The molecular weight excluding hydrogens is 338 g/mol. The van der Waals surface area contributed by atoms with E-state index in [0.29, 0.717) is 19.6 Å². The normalized spacial score (nSPS) is 10.5. The highest BCUT2D eigenvalue weighted by Gasteiger charge is 2.17.